The maximum Gasteiger partial charge on any atom is 0.119 e. The maximum atomic E-state index is 6.02. The molecule has 112 valence electrons. The second-order valence-electron chi connectivity index (χ2n) is 8.08. The highest BCUT2D eigenvalue weighted by Crippen LogP contribution is 2.29. The van der Waals surface area contributed by atoms with Gasteiger partial charge in [0, 0.05) is 11.6 Å². The van der Waals surface area contributed by atoms with E-state index >= 15 is 0 Å². The monoisotopic (exact) mass is 275 g/mol. The fourth-order valence-electron chi connectivity index (χ4n) is 2.62. The number of ether oxygens (including phenoxy) is 1. The predicted octanol–water partition coefficient (Wildman–Crippen LogP) is 4.28. The standard InChI is InChI=1S/C18H29NO/c1-17(2,3)13-7-9-15(10-8-13)20-16-11-14(12-16)19-18(4,5)6/h7-10,14,16,19H,11-12H2,1-6H3/t14-,16-. The SMILES string of the molecule is CC(C)(C)N[C@H]1C[C@H](Oc2ccc(C(C)(C)C)cc2)C1. The molecule has 0 saturated heterocycles. The van der Waals surface area contributed by atoms with Gasteiger partial charge in [-0.25, -0.2) is 0 Å². The molecule has 1 fully saturated rings. The Morgan fingerprint density at radius 2 is 1.50 bits per heavy atom. The summed E-state index contributed by atoms with van der Waals surface area (Å²) in [4.78, 5) is 0. The summed E-state index contributed by atoms with van der Waals surface area (Å²) in [6.45, 7) is 13.3. The van der Waals surface area contributed by atoms with Crippen LogP contribution < -0.4 is 10.1 Å². The fraction of sp³-hybridized carbons (Fsp3) is 0.667. The average molecular weight is 275 g/mol. The van der Waals surface area contributed by atoms with Crippen LogP contribution in [-0.2, 0) is 5.41 Å². The van der Waals surface area contributed by atoms with Gasteiger partial charge in [0.2, 0.25) is 0 Å². The van der Waals surface area contributed by atoms with Crippen molar-refractivity contribution in [1.29, 1.82) is 0 Å². The molecule has 20 heavy (non-hydrogen) atoms. The van der Waals surface area contributed by atoms with Crippen molar-refractivity contribution >= 4 is 0 Å². The Bertz CT molecular complexity index is 430. The zero-order chi connectivity index (χ0) is 15.0. The first-order chi connectivity index (χ1) is 9.13. The molecular weight excluding hydrogens is 246 g/mol. The van der Waals surface area contributed by atoms with Gasteiger partial charge in [0.05, 0.1) is 0 Å². The molecule has 0 unspecified atom stereocenters. The molecule has 0 radical (unpaired) electrons. The molecule has 1 aliphatic rings. The molecule has 0 spiro atoms. The van der Waals surface area contributed by atoms with Crippen LogP contribution in [0.4, 0.5) is 0 Å². The zero-order valence-corrected chi connectivity index (χ0v) is 13.8. The first-order valence-electron chi connectivity index (χ1n) is 7.68. The van der Waals surface area contributed by atoms with Crippen LogP contribution in [0.25, 0.3) is 0 Å². The van der Waals surface area contributed by atoms with Crippen LogP contribution >= 0.6 is 0 Å². The second kappa shape index (κ2) is 5.40. The number of rotatable bonds is 3. The Balaban J connectivity index is 1.82. The molecule has 1 aliphatic carbocycles. The Hall–Kier alpha value is -1.02. The Labute approximate surface area is 123 Å². The van der Waals surface area contributed by atoms with E-state index in [0.29, 0.717) is 12.1 Å². The van der Waals surface area contributed by atoms with Crippen molar-refractivity contribution in [1.82, 2.24) is 5.32 Å². The van der Waals surface area contributed by atoms with Crippen LogP contribution in [0.1, 0.15) is 59.9 Å². The van der Waals surface area contributed by atoms with Gasteiger partial charge in [-0.05, 0) is 56.7 Å². The largest absolute Gasteiger partial charge is 0.490 e. The molecule has 2 rings (SSSR count). The van der Waals surface area contributed by atoms with Gasteiger partial charge in [-0.1, -0.05) is 32.9 Å². The van der Waals surface area contributed by atoms with E-state index in [-0.39, 0.29) is 11.0 Å². The number of nitrogens with one attached hydrogen (secondary N) is 1. The lowest BCUT2D eigenvalue weighted by molar-refractivity contribution is 0.0734. The molecule has 0 bridgehead atoms. The van der Waals surface area contributed by atoms with Crippen molar-refractivity contribution in [2.75, 3.05) is 0 Å². The summed E-state index contributed by atoms with van der Waals surface area (Å²) in [6, 6.07) is 9.17. The molecular formula is C18H29NO. The third-order valence-corrected chi connectivity index (χ3v) is 3.76. The average Bonchev–Trinajstić information content (AvgIpc) is 2.24. The van der Waals surface area contributed by atoms with E-state index in [1.54, 1.807) is 0 Å². The highest BCUT2D eigenvalue weighted by Gasteiger charge is 2.33. The molecule has 0 atom stereocenters. The number of hydrogen-bond donors (Lipinski definition) is 1. The van der Waals surface area contributed by atoms with Crippen LogP contribution in [0, 0.1) is 0 Å². The molecule has 0 heterocycles. The summed E-state index contributed by atoms with van der Waals surface area (Å²) in [5.74, 6) is 0.997. The lowest BCUT2D eigenvalue weighted by atomic mass is 9.86. The van der Waals surface area contributed by atoms with Crippen molar-refractivity contribution < 1.29 is 4.74 Å². The van der Waals surface area contributed by atoms with Crippen molar-refractivity contribution in [3.8, 4) is 5.75 Å². The van der Waals surface area contributed by atoms with E-state index in [1.165, 1.54) is 5.56 Å². The van der Waals surface area contributed by atoms with E-state index in [2.05, 4.69) is 71.1 Å². The molecule has 0 aliphatic heterocycles. The quantitative estimate of drug-likeness (QED) is 0.889. The minimum Gasteiger partial charge on any atom is -0.490 e. The fourth-order valence-corrected chi connectivity index (χ4v) is 2.62. The Morgan fingerprint density at radius 1 is 0.950 bits per heavy atom. The summed E-state index contributed by atoms with van der Waals surface area (Å²) in [6.07, 6.45) is 2.59. The van der Waals surface area contributed by atoms with E-state index in [4.69, 9.17) is 4.74 Å². The second-order valence-corrected chi connectivity index (χ2v) is 8.08. The summed E-state index contributed by atoms with van der Waals surface area (Å²) >= 11 is 0. The van der Waals surface area contributed by atoms with E-state index in [9.17, 15) is 0 Å². The van der Waals surface area contributed by atoms with Crippen molar-refractivity contribution in [3.63, 3.8) is 0 Å². The predicted molar refractivity (Wildman–Crippen MR) is 85.5 cm³/mol. The topological polar surface area (TPSA) is 21.3 Å². The first kappa shape index (κ1) is 15.4. The molecule has 0 aromatic heterocycles. The highest BCUT2D eigenvalue weighted by atomic mass is 16.5. The number of benzene rings is 1. The van der Waals surface area contributed by atoms with Crippen molar-refractivity contribution in [2.45, 2.75) is 77.5 Å². The molecule has 2 nitrogen and oxygen atoms in total. The number of hydrogen-bond acceptors (Lipinski definition) is 2. The molecule has 1 aromatic carbocycles. The lowest BCUT2D eigenvalue weighted by Gasteiger charge is -2.40. The summed E-state index contributed by atoms with van der Waals surface area (Å²) in [7, 11) is 0. The first-order valence-corrected chi connectivity index (χ1v) is 7.68. The van der Waals surface area contributed by atoms with Crippen LogP contribution in [-0.4, -0.2) is 17.7 Å². The Kier molecular flexibility index (Phi) is 4.15. The van der Waals surface area contributed by atoms with Crippen LogP contribution in [0.15, 0.2) is 24.3 Å². The van der Waals surface area contributed by atoms with Gasteiger partial charge in [-0.3, -0.25) is 0 Å². The normalized spacial score (nSPS) is 23.3. The molecule has 1 N–H and O–H groups in total. The van der Waals surface area contributed by atoms with Gasteiger partial charge in [0.1, 0.15) is 11.9 Å². The van der Waals surface area contributed by atoms with Gasteiger partial charge in [-0.2, -0.15) is 0 Å². The minimum absolute atomic E-state index is 0.198. The summed E-state index contributed by atoms with van der Waals surface area (Å²) < 4.78 is 6.02. The van der Waals surface area contributed by atoms with E-state index in [0.717, 1.165) is 18.6 Å². The van der Waals surface area contributed by atoms with Crippen LogP contribution in [0.3, 0.4) is 0 Å². The van der Waals surface area contributed by atoms with Crippen molar-refractivity contribution in [3.05, 3.63) is 29.8 Å². The third kappa shape index (κ3) is 4.24. The summed E-state index contributed by atoms with van der Waals surface area (Å²) in [5, 5.41) is 3.62. The van der Waals surface area contributed by atoms with Gasteiger partial charge in [-0.15, -0.1) is 0 Å². The van der Waals surface area contributed by atoms with E-state index in [1.807, 2.05) is 0 Å². The maximum absolute atomic E-state index is 6.02. The van der Waals surface area contributed by atoms with Gasteiger partial charge >= 0.3 is 0 Å². The van der Waals surface area contributed by atoms with Gasteiger partial charge in [0.25, 0.3) is 0 Å². The van der Waals surface area contributed by atoms with Crippen LogP contribution in [0.5, 0.6) is 5.75 Å². The Morgan fingerprint density at radius 3 is 1.95 bits per heavy atom. The lowest BCUT2D eigenvalue weighted by Crippen LogP contribution is -2.53. The van der Waals surface area contributed by atoms with Gasteiger partial charge in [0.15, 0.2) is 0 Å². The summed E-state index contributed by atoms with van der Waals surface area (Å²) in [5.41, 5.74) is 1.76. The molecule has 1 aromatic rings. The van der Waals surface area contributed by atoms with Crippen LogP contribution in [0.2, 0.25) is 0 Å². The van der Waals surface area contributed by atoms with Crippen molar-refractivity contribution in [2.24, 2.45) is 0 Å². The smallest absolute Gasteiger partial charge is 0.119 e. The molecule has 0 amide bonds. The highest BCUT2D eigenvalue weighted by molar-refractivity contribution is 5.31. The minimum atomic E-state index is 0.198. The molecule has 2 heteroatoms. The zero-order valence-electron chi connectivity index (χ0n) is 13.8. The third-order valence-electron chi connectivity index (χ3n) is 3.76. The molecule has 1 saturated carbocycles. The van der Waals surface area contributed by atoms with Gasteiger partial charge < -0.3 is 10.1 Å². The van der Waals surface area contributed by atoms with E-state index < -0.39 is 0 Å².